The zero-order valence-corrected chi connectivity index (χ0v) is 7.77. The number of hydrogen-bond acceptors (Lipinski definition) is 4. The Morgan fingerprint density at radius 3 is 2.75 bits per heavy atom. The van der Waals surface area contributed by atoms with Gasteiger partial charge in [0.25, 0.3) is 0 Å². The van der Waals surface area contributed by atoms with Crippen molar-refractivity contribution in [2.24, 2.45) is 4.99 Å². The second-order valence-corrected chi connectivity index (χ2v) is 4.66. The third-order valence-electron chi connectivity index (χ3n) is 2.13. The van der Waals surface area contributed by atoms with E-state index in [4.69, 9.17) is 0 Å². The average molecular weight is 187 g/mol. The molecule has 0 atom stereocenters. The Hall–Kier alpha value is -0.580. The molecule has 1 saturated heterocycles. The van der Waals surface area contributed by atoms with Gasteiger partial charge in [-0.15, -0.1) is 0 Å². The molecule has 0 saturated carbocycles. The summed E-state index contributed by atoms with van der Waals surface area (Å²) < 4.78 is 11.0. The molecule has 0 radical (unpaired) electrons. The van der Waals surface area contributed by atoms with E-state index in [1.54, 1.807) is 0 Å². The van der Waals surface area contributed by atoms with Gasteiger partial charge in [0.15, 0.2) is 5.96 Å². The van der Waals surface area contributed by atoms with Crippen LogP contribution in [0.3, 0.4) is 0 Å². The van der Waals surface area contributed by atoms with Crippen LogP contribution in [0.15, 0.2) is 4.99 Å². The molecule has 1 N–H and O–H groups in total. The predicted octanol–water partition coefficient (Wildman–Crippen LogP) is -0.990. The van der Waals surface area contributed by atoms with Gasteiger partial charge < -0.3 is 10.2 Å². The molecule has 68 valence electrons. The molecule has 1 fully saturated rings. The molecule has 0 aliphatic carbocycles. The van der Waals surface area contributed by atoms with Crippen LogP contribution < -0.4 is 5.32 Å². The molecular formula is C7H13N3OS. The van der Waals surface area contributed by atoms with Crippen LogP contribution in [0, 0.1) is 0 Å². The fraction of sp³-hybridized carbons (Fsp3) is 0.857. The number of hydrogen-bond donors (Lipinski definition) is 1. The molecule has 2 heterocycles. The van der Waals surface area contributed by atoms with Crippen molar-refractivity contribution in [3.63, 3.8) is 0 Å². The van der Waals surface area contributed by atoms with E-state index in [2.05, 4.69) is 15.2 Å². The van der Waals surface area contributed by atoms with Crippen LogP contribution in [0.4, 0.5) is 0 Å². The van der Waals surface area contributed by atoms with Crippen LogP contribution in [-0.2, 0) is 10.8 Å². The largest absolute Gasteiger partial charge is 0.354 e. The molecule has 2 aliphatic rings. The van der Waals surface area contributed by atoms with Gasteiger partial charge in [-0.1, -0.05) is 0 Å². The summed E-state index contributed by atoms with van der Waals surface area (Å²) in [6.07, 6.45) is 0. The molecule has 4 nitrogen and oxygen atoms in total. The van der Waals surface area contributed by atoms with Crippen molar-refractivity contribution in [3.05, 3.63) is 0 Å². The summed E-state index contributed by atoms with van der Waals surface area (Å²) in [7, 11) is -0.585. The quantitative estimate of drug-likeness (QED) is 0.529. The highest BCUT2D eigenvalue weighted by Gasteiger charge is 2.19. The average Bonchev–Trinajstić information content (AvgIpc) is 2.58. The topological polar surface area (TPSA) is 44.7 Å². The molecule has 0 aromatic carbocycles. The minimum Gasteiger partial charge on any atom is -0.354 e. The van der Waals surface area contributed by atoms with E-state index in [9.17, 15) is 4.21 Å². The van der Waals surface area contributed by atoms with Crippen LogP contribution in [-0.4, -0.2) is 52.8 Å². The Morgan fingerprint density at radius 1 is 1.42 bits per heavy atom. The van der Waals surface area contributed by atoms with E-state index in [-0.39, 0.29) is 0 Å². The smallest absolute Gasteiger partial charge is 0.194 e. The monoisotopic (exact) mass is 187 g/mol. The van der Waals surface area contributed by atoms with Gasteiger partial charge in [0.2, 0.25) is 0 Å². The first-order chi connectivity index (χ1) is 5.86. The lowest BCUT2D eigenvalue weighted by Gasteiger charge is -2.27. The third kappa shape index (κ3) is 1.60. The van der Waals surface area contributed by atoms with E-state index in [1.165, 1.54) is 0 Å². The van der Waals surface area contributed by atoms with Gasteiger partial charge in [-0.05, 0) is 0 Å². The lowest BCUT2D eigenvalue weighted by Crippen LogP contribution is -2.46. The van der Waals surface area contributed by atoms with Gasteiger partial charge in [-0.25, -0.2) is 0 Å². The first-order valence-corrected chi connectivity index (χ1v) is 5.73. The van der Waals surface area contributed by atoms with E-state index in [1.807, 2.05) is 0 Å². The van der Waals surface area contributed by atoms with E-state index in [0.717, 1.165) is 43.6 Å². The molecule has 0 aromatic rings. The van der Waals surface area contributed by atoms with Crippen molar-refractivity contribution < 1.29 is 4.21 Å². The molecule has 12 heavy (non-hydrogen) atoms. The minimum absolute atomic E-state index is 0.585. The van der Waals surface area contributed by atoms with Crippen LogP contribution in [0.25, 0.3) is 0 Å². The molecule has 0 unspecified atom stereocenters. The zero-order chi connectivity index (χ0) is 8.39. The molecular weight excluding hydrogens is 174 g/mol. The van der Waals surface area contributed by atoms with Crippen molar-refractivity contribution in [1.82, 2.24) is 10.2 Å². The van der Waals surface area contributed by atoms with Crippen molar-refractivity contribution in [2.75, 3.05) is 37.7 Å². The molecule has 2 aliphatic heterocycles. The van der Waals surface area contributed by atoms with Gasteiger partial charge in [-0.2, -0.15) is 0 Å². The molecule has 0 spiro atoms. The number of rotatable bonds is 0. The molecule has 5 heteroatoms. The Kier molecular flexibility index (Phi) is 2.30. The summed E-state index contributed by atoms with van der Waals surface area (Å²) in [6.45, 7) is 3.61. The van der Waals surface area contributed by atoms with Crippen LogP contribution in [0.2, 0.25) is 0 Å². The van der Waals surface area contributed by atoms with Crippen molar-refractivity contribution in [3.8, 4) is 0 Å². The molecule has 2 rings (SSSR count). The Balaban J connectivity index is 1.92. The first-order valence-electron chi connectivity index (χ1n) is 4.24. The zero-order valence-electron chi connectivity index (χ0n) is 6.95. The molecule has 0 aromatic heterocycles. The van der Waals surface area contributed by atoms with Gasteiger partial charge in [0.1, 0.15) is 0 Å². The molecule has 0 amide bonds. The normalized spacial score (nSPS) is 25.3. The number of nitrogens with one attached hydrogen (secondary N) is 1. The summed E-state index contributed by atoms with van der Waals surface area (Å²) in [4.78, 5) is 6.51. The fourth-order valence-electron chi connectivity index (χ4n) is 1.45. The first kappa shape index (κ1) is 8.04. The highest BCUT2D eigenvalue weighted by Crippen LogP contribution is 2.02. The second kappa shape index (κ2) is 3.43. The Morgan fingerprint density at radius 2 is 2.17 bits per heavy atom. The highest BCUT2D eigenvalue weighted by molar-refractivity contribution is 7.85. The van der Waals surface area contributed by atoms with Gasteiger partial charge >= 0.3 is 0 Å². The summed E-state index contributed by atoms with van der Waals surface area (Å²) in [5, 5.41) is 3.22. The number of guanidine groups is 1. The Labute approximate surface area is 74.5 Å². The molecule has 0 bridgehead atoms. The summed E-state index contributed by atoms with van der Waals surface area (Å²) in [5.41, 5.74) is 0. The van der Waals surface area contributed by atoms with Crippen LogP contribution in [0.1, 0.15) is 0 Å². The van der Waals surface area contributed by atoms with Crippen molar-refractivity contribution >= 4 is 16.8 Å². The number of nitrogens with zero attached hydrogens (tertiary/aromatic N) is 2. The Bertz CT molecular complexity index is 219. The van der Waals surface area contributed by atoms with Crippen LogP contribution in [0.5, 0.6) is 0 Å². The van der Waals surface area contributed by atoms with Crippen molar-refractivity contribution in [1.29, 1.82) is 0 Å². The maximum absolute atomic E-state index is 11.0. The van der Waals surface area contributed by atoms with E-state index in [0.29, 0.717) is 0 Å². The summed E-state index contributed by atoms with van der Waals surface area (Å²) >= 11 is 0. The minimum atomic E-state index is -0.585. The fourth-order valence-corrected chi connectivity index (χ4v) is 2.50. The second-order valence-electron chi connectivity index (χ2n) is 2.97. The third-order valence-corrected chi connectivity index (χ3v) is 3.41. The SMILES string of the molecule is O=S1CCN(C2=NCCN2)CC1. The van der Waals surface area contributed by atoms with Gasteiger partial charge in [-0.3, -0.25) is 9.20 Å². The van der Waals surface area contributed by atoms with Gasteiger partial charge in [0, 0.05) is 41.9 Å². The maximum Gasteiger partial charge on any atom is 0.194 e. The van der Waals surface area contributed by atoms with Gasteiger partial charge in [0.05, 0.1) is 6.54 Å². The lowest BCUT2D eigenvalue weighted by molar-refractivity contribution is 0.444. The highest BCUT2D eigenvalue weighted by atomic mass is 32.2. The van der Waals surface area contributed by atoms with E-state index >= 15 is 0 Å². The predicted molar refractivity (Wildman–Crippen MR) is 49.8 cm³/mol. The summed E-state index contributed by atoms with van der Waals surface area (Å²) in [6, 6.07) is 0. The lowest BCUT2D eigenvalue weighted by atomic mass is 10.5. The summed E-state index contributed by atoms with van der Waals surface area (Å²) in [5.74, 6) is 2.59. The van der Waals surface area contributed by atoms with Crippen LogP contribution >= 0.6 is 0 Å². The van der Waals surface area contributed by atoms with E-state index < -0.39 is 10.8 Å². The standard InChI is InChI=1S/C7H13N3OS/c11-12-5-3-10(4-6-12)7-8-1-2-9-7/h1-6H2,(H,8,9). The maximum atomic E-state index is 11.0. The number of aliphatic imine (C=N–C) groups is 1. The van der Waals surface area contributed by atoms with Crippen molar-refractivity contribution in [2.45, 2.75) is 0 Å².